The minimum Gasteiger partial charge on any atom is -0.312 e. The lowest BCUT2D eigenvalue weighted by Gasteiger charge is -2.39. The molecule has 0 aromatic heterocycles. The molecule has 1 aromatic rings. The molecule has 21 heavy (non-hydrogen) atoms. The number of hydrogen-bond donors (Lipinski definition) is 1. The molecule has 1 fully saturated rings. The van der Waals surface area contributed by atoms with E-state index < -0.39 is 11.7 Å². The van der Waals surface area contributed by atoms with E-state index in [1.165, 1.54) is 25.0 Å². The van der Waals surface area contributed by atoms with Gasteiger partial charge in [0.2, 0.25) is 0 Å². The van der Waals surface area contributed by atoms with Gasteiger partial charge in [0.15, 0.2) is 0 Å². The summed E-state index contributed by atoms with van der Waals surface area (Å²) in [6.45, 7) is 7.44. The molecule has 0 spiro atoms. The quantitative estimate of drug-likeness (QED) is 0.852. The maximum Gasteiger partial charge on any atom is 0.416 e. The lowest BCUT2D eigenvalue weighted by Crippen LogP contribution is -2.44. The van der Waals surface area contributed by atoms with Crippen molar-refractivity contribution in [1.82, 2.24) is 5.32 Å². The second-order valence-electron chi connectivity index (χ2n) is 7.13. The molecule has 1 saturated carbocycles. The van der Waals surface area contributed by atoms with Gasteiger partial charge < -0.3 is 5.32 Å². The molecule has 0 radical (unpaired) electrons. The highest BCUT2D eigenvalue weighted by atomic mass is 19.4. The maximum atomic E-state index is 12.5. The highest BCUT2D eigenvalue weighted by molar-refractivity contribution is 5.25. The molecule has 1 aliphatic carbocycles. The lowest BCUT2D eigenvalue weighted by molar-refractivity contribution is -0.137. The second kappa shape index (κ2) is 5.99. The highest BCUT2D eigenvalue weighted by Gasteiger charge is 2.32. The average Bonchev–Trinajstić information content (AvgIpc) is 2.33. The maximum absolute atomic E-state index is 12.5. The number of halogens is 3. The summed E-state index contributed by atoms with van der Waals surface area (Å²) in [6, 6.07) is 5.62. The predicted octanol–water partition coefficient (Wildman–Crippen LogP) is 4.66. The summed E-state index contributed by atoms with van der Waals surface area (Å²) in [6.07, 6.45) is -0.964. The number of benzene rings is 1. The van der Waals surface area contributed by atoms with Gasteiger partial charge in [0.1, 0.15) is 0 Å². The fourth-order valence-electron chi connectivity index (χ4n) is 2.75. The molecule has 2 rings (SSSR count). The van der Waals surface area contributed by atoms with Crippen molar-refractivity contribution in [1.29, 1.82) is 0 Å². The third-order valence-corrected chi connectivity index (χ3v) is 4.25. The predicted molar refractivity (Wildman–Crippen MR) is 79.1 cm³/mol. The van der Waals surface area contributed by atoms with Crippen molar-refractivity contribution in [2.45, 2.75) is 51.7 Å². The molecule has 0 amide bonds. The monoisotopic (exact) mass is 299 g/mol. The number of rotatable bonds is 4. The highest BCUT2D eigenvalue weighted by Crippen LogP contribution is 2.37. The van der Waals surface area contributed by atoms with Gasteiger partial charge in [0, 0.05) is 5.54 Å². The van der Waals surface area contributed by atoms with E-state index in [1.807, 2.05) is 0 Å². The molecule has 0 bridgehead atoms. The van der Waals surface area contributed by atoms with Crippen LogP contribution in [0, 0.1) is 11.8 Å². The Bertz CT molecular complexity index is 456. The number of alkyl halides is 3. The SMILES string of the molecule is CC(C)(C)NCC1CCC1Cc1ccc(C(F)(F)F)cc1. The van der Waals surface area contributed by atoms with Gasteiger partial charge >= 0.3 is 6.18 Å². The van der Waals surface area contributed by atoms with E-state index in [-0.39, 0.29) is 5.54 Å². The van der Waals surface area contributed by atoms with Gasteiger partial charge in [-0.05, 0) is 76.1 Å². The van der Waals surface area contributed by atoms with Crippen LogP contribution in [0.2, 0.25) is 0 Å². The number of nitrogens with one attached hydrogen (secondary N) is 1. The molecule has 0 heterocycles. The Hall–Kier alpha value is -1.03. The minimum atomic E-state index is -4.24. The molecule has 4 heteroatoms. The summed E-state index contributed by atoms with van der Waals surface area (Å²) in [5, 5.41) is 3.52. The van der Waals surface area contributed by atoms with Crippen molar-refractivity contribution in [2.75, 3.05) is 6.54 Å². The van der Waals surface area contributed by atoms with E-state index in [9.17, 15) is 13.2 Å². The first-order valence-electron chi connectivity index (χ1n) is 7.56. The first-order chi connectivity index (χ1) is 9.65. The summed E-state index contributed by atoms with van der Waals surface area (Å²) in [7, 11) is 0. The van der Waals surface area contributed by atoms with Crippen molar-refractivity contribution in [3.63, 3.8) is 0 Å². The normalized spacial score (nSPS) is 23.0. The molecule has 2 unspecified atom stereocenters. The van der Waals surface area contributed by atoms with Crippen LogP contribution in [0.1, 0.15) is 44.7 Å². The van der Waals surface area contributed by atoms with Gasteiger partial charge in [-0.3, -0.25) is 0 Å². The van der Waals surface area contributed by atoms with Crippen LogP contribution in [0.25, 0.3) is 0 Å². The third-order valence-electron chi connectivity index (χ3n) is 4.25. The Kier molecular flexibility index (Phi) is 4.66. The largest absolute Gasteiger partial charge is 0.416 e. The van der Waals surface area contributed by atoms with Crippen LogP contribution in [0.4, 0.5) is 13.2 Å². The number of hydrogen-bond acceptors (Lipinski definition) is 1. The molecule has 1 aliphatic rings. The summed E-state index contributed by atoms with van der Waals surface area (Å²) in [4.78, 5) is 0. The molecular weight excluding hydrogens is 275 g/mol. The van der Waals surface area contributed by atoms with Crippen LogP contribution < -0.4 is 5.32 Å². The van der Waals surface area contributed by atoms with Crippen LogP contribution in [0.15, 0.2) is 24.3 Å². The van der Waals surface area contributed by atoms with Crippen molar-refractivity contribution in [3.8, 4) is 0 Å². The first-order valence-corrected chi connectivity index (χ1v) is 7.56. The third kappa shape index (κ3) is 4.73. The fourth-order valence-corrected chi connectivity index (χ4v) is 2.75. The van der Waals surface area contributed by atoms with Crippen molar-refractivity contribution >= 4 is 0 Å². The zero-order valence-electron chi connectivity index (χ0n) is 12.9. The van der Waals surface area contributed by atoms with E-state index in [0.29, 0.717) is 11.8 Å². The molecular formula is C17H24F3N. The fraction of sp³-hybridized carbons (Fsp3) is 0.647. The molecule has 1 nitrogen and oxygen atoms in total. The van der Waals surface area contributed by atoms with E-state index in [0.717, 1.165) is 18.5 Å². The van der Waals surface area contributed by atoms with Gasteiger partial charge in [0.05, 0.1) is 5.56 Å². The Morgan fingerprint density at radius 1 is 1.00 bits per heavy atom. The smallest absolute Gasteiger partial charge is 0.312 e. The Morgan fingerprint density at radius 2 is 1.57 bits per heavy atom. The van der Waals surface area contributed by atoms with E-state index >= 15 is 0 Å². The van der Waals surface area contributed by atoms with Gasteiger partial charge in [-0.25, -0.2) is 0 Å². The van der Waals surface area contributed by atoms with Gasteiger partial charge in [-0.15, -0.1) is 0 Å². The summed E-state index contributed by atoms with van der Waals surface area (Å²) in [5.74, 6) is 1.24. The Morgan fingerprint density at radius 3 is 2.00 bits per heavy atom. The van der Waals surface area contributed by atoms with Crippen LogP contribution in [0.5, 0.6) is 0 Å². The van der Waals surface area contributed by atoms with Crippen molar-refractivity contribution < 1.29 is 13.2 Å². The molecule has 0 aliphatic heterocycles. The summed E-state index contributed by atoms with van der Waals surface area (Å²) < 4.78 is 37.6. The molecule has 1 N–H and O–H groups in total. The van der Waals surface area contributed by atoms with Gasteiger partial charge in [-0.1, -0.05) is 12.1 Å². The zero-order valence-corrected chi connectivity index (χ0v) is 12.9. The average molecular weight is 299 g/mol. The zero-order chi connectivity index (χ0) is 15.7. The van der Waals surface area contributed by atoms with Crippen LogP contribution >= 0.6 is 0 Å². The van der Waals surface area contributed by atoms with Gasteiger partial charge in [-0.2, -0.15) is 13.2 Å². The molecule has 2 atom stereocenters. The summed E-state index contributed by atoms with van der Waals surface area (Å²) >= 11 is 0. The lowest BCUT2D eigenvalue weighted by atomic mass is 9.70. The topological polar surface area (TPSA) is 12.0 Å². The minimum absolute atomic E-state index is 0.120. The van der Waals surface area contributed by atoms with Gasteiger partial charge in [0.25, 0.3) is 0 Å². The van der Waals surface area contributed by atoms with Crippen LogP contribution in [-0.2, 0) is 12.6 Å². The Labute approximate surface area is 124 Å². The molecule has 1 aromatic carbocycles. The van der Waals surface area contributed by atoms with Crippen LogP contribution in [-0.4, -0.2) is 12.1 Å². The first kappa shape index (κ1) is 16.3. The van der Waals surface area contributed by atoms with E-state index in [1.54, 1.807) is 12.1 Å². The standard InChI is InChI=1S/C17H24F3N/c1-16(2,3)21-11-14-7-6-13(14)10-12-4-8-15(9-5-12)17(18,19)20/h4-5,8-9,13-14,21H,6-7,10-11H2,1-3H3. The second-order valence-corrected chi connectivity index (χ2v) is 7.13. The van der Waals surface area contributed by atoms with E-state index in [4.69, 9.17) is 0 Å². The van der Waals surface area contributed by atoms with Crippen molar-refractivity contribution in [2.24, 2.45) is 11.8 Å². The van der Waals surface area contributed by atoms with Crippen LogP contribution in [0.3, 0.4) is 0 Å². The van der Waals surface area contributed by atoms with Crippen molar-refractivity contribution in [3.05, 3.63) is 35.4 Å². The molecule has 118 valence electrons. The Balaban J connectivity index is 1.87. The van der Waals surface area contributed by atoms with E-state index in [2.05, 4.69) is 26.1 Å². The molecule has 0 saturated heterocycles. The summed E-state index contributed by atoms with van der Waals surface area (Å²) in [5.41, 5.74) is 0.563.